The summed E-state index contributed by atoms with van der Waals surface area (Å²) in [6.45, 7) is 5.10. The van der Waals surface area contributed by atoms with Gasteiger partial charge in [0.05, 0.1) is 11.7 Å². The van der Waals surface area contributed by atoms with Crippen molar-refractivity contribution in [1.29, 1.82) is 0 Å². The molecule has 0 amide bonds. The molecule has 0 aliphatic heterocycles. The molecule has 0 aromatic carbocycles. The van der Waals surface area contributed by atoms with E-state index in [0.717, 1.165) is 12.2 Å². The lowest BCUT2D eigenvalue weighted by molar-refractivity contribution is 0.469. The molecule has 11 heavy (non-hydrogen) atoms. The van der Waals surface area contributed by atoms with Crippen LogP contribution in [0.4, 0.5) is 0 Å². The van der Waals surface area contributed by atoms with Crippen LogP contribution in [-0.2, 0) is 0 Å². The number of hydrogen-bond acceptors (Lipinski definition) is 2. The molecule has 1 heterocycles. The molecule has 0 fully saturated rings. The first kappa shape index (κ1) is 8.27. The number of aromatic nitrogens is 2. The van der Waals surface area contributed by atoms with Crippen LogP contribution in [0.25, 0.3) is 0 Å². The summed E-state index contributed by atoms with van der Waals surface area (Å²) in [4.78, 5) is 0. The smallest absolute Gasteiger partial charge is 0.0615 e. The molecule has 0 bridgehead atoms. The second-order valence-electron chi connectivity index (χ2n) is 2.84. The van der Waals surface area contributed by atoms with Crippen molar-refractivity contribution < 1.29 is 0 Å². The molecule has 62 valence electrons. The Morgan fingerprint density at radius 1 is 1.73 bits per heavy atom. The van der Waals surface area contributed by atoms with Crippen LogP contribution in [0.2, 0.25) is 0 Å². The highest BCUT2D eigenvalue weighted by Crippen LogP contribution is 2.02. The summed E-state index contributed by atoms with van der Waals surface area (Å²) in [7, 11) is 1.95. The predicted octanol–water partition coefficient (Wildman–Crippen LogP) is 0.972. The minimum atomic E-state index is 0.439. The van der Waals surface area contributed by atoms with Gasteiger partial charge in [-0.15, -0.1) is 0 Å². The van der Waals surface area contributed by atoms with Gasteiger partial charge in [-0.25, -0.2) is 0 Å². The fraction of sp³-hybridized carbons (Fsp3) is 0.625. The van der Waals surface area contributed by atoms with E-state index in [1.54, 1.807) is 0 Å². The summed E-state index contributed by atoms with van der Waals surface area (Å²) in [6, 6.07) is 2.46. The highest BCUT2D eigenvalue weighted by atomic mass is 15.3. The Morgan fingerprint density at radius 3 is 2.91 bits per heavy atom. The van der Waals surface area contributed by atoms with Crippen LogP contribution in [0.1, 0.15) is 18.7 Å². The van der Waals surface area contributed by atoms with Crippen LogP contribution in [-0.4, -0.2) is 23.4 Å². The second kappa shape index (κ2) is 3.53. The molecule has 0 saturated carbocycles. The van der Waals surface area contributed by atoms with Crippen molar-refractivity contribution in [3.05, 3.63) is 18.0 Å². The first-order valence-corrected chi connectivity index (χ1v) is 3.90. The molecule has 1 rings (SSSR count). The first-order chi connectivity index (χ1) is 5.24. The molecule has 1 atom stereocenters. The number of rotatable bonds is 3. The van der Waals surface area contributed by atoms with E-state index in [1.807, 2.05) is 30.9 Å². The van der Waals surface area contributed by atoms with E-state index in [1.165, 1.54) is 0 Å². The van der Waals surface area contributed by atoms with E-state index >= 15 is 0 Å². The SMILES string of the molecule is CNCC(C)n1ccc(C)n1. The summed E-state index contributed by atoms with van der Waals surface area (Å²) in [6.07, 6.45) is 2.01. The quantitative estimate of drug-likeness (QED) is 0.701. The average Bonchev–Trinajstić information content (AvgIpc) is 2.36. The molecule has 3 nitrogen and oxygen atoms in total. The van der Waals surface area contributed by atoms with E-state index in [9.17, 15) is 0 Å². The molecule has 1 aromatic heterocycles. The number of likely N-dealkylation sites (N-methyl/N-ethyl adjacent to an activating group) is 1. The maximum atomic E-state index is 4.31. The molecule has 1 aromatic rings. The summed E-state index contributed by atoms with van der Waals surface area (Å²) < 4.78 is 1.98. The summed E-state index contributed by atoms with van der Waals surface area (Å²) in [5.41, 5.74) is 1.08. The van der Waals surface area contributed by atoms with Gasteiger partial charge >= 0.3 is 0 Å². The van der Waals surface area contributed by atoms with E-state index in [4.69, 9.17) is 0 Å². The average molecular weight is 153 g/mol. The minimum absolute atomic E-state index is 0.439. The highest BCUT2D eigenvalue weighted by Gasteiger charge is 2.02. The van der Waals surface area contributed by atoms with Crippen LogP contribution < -0.4 is 5.32 Å². The van der Waals surface area contributed by atoms with Crippen molar-refractivity contribution in [3.63, 3.8) is 0 Å². The maximum absolute atomic E-state index is 4.31. The Morgan fingerprint density at radius 2 is 2.45 bits per heavy atom. The third-order valence-electron chi connectivity index (χ3n) is 1.69. The van der Waals surface area contributed by atoms with Gasteiger partial charge in [0.25, 0.3) is 0 Å². The van der Waals surface area contributed by atoms with Crippen molar-refractivity contribution >= 4 is 0 Å². The normalized spacial score (nSPS) is 13.4. The van der Waals surface area contributed by atoms with Crippen LogP contribution >= 0.6 is 0 Å². The van der Waals surface area contributed by atoms with Gasteiger partial charge in [0, 0.05) is 12.7 Å². The number of hydrogen-bond donors (Lipinski definition) is 1. The van der Waals surface area contributed by atoms with Gasteiger partial charge in [0.15, 0.2) is 0 Å². The lowest BCUT2D eigenvalue weighted by atomic mass is 10.3. The van der Waals surface area contributed by atoms with Crippen molar-refractivity contribution in [1.82, 2.24) is 15.1 Å². The molecular formula is C8H15N3. The van der Waals surface area contributed by atoms with Crippen LogP contribution in [0.5, 0.6) is 0 Å². The maximum Gasteiger partial charge on any atom is 0.0615 e. The lowest BCUT2D eigenvalue weighted by Gasteiger charge is -2.10. The second-order valence-corrected chi connectivity index (χ2v) is 2.84. The zero-order chi connectivity index (χ0) is 8.27. The van der Waals surface area contributed by atoms with Crippen molar-refractivity contribution in [3.8, 4) is 0 Å². The molecule has 0 radical (unpaired) electrons. The standard InChI is InChI=1S/C8H15N3/c1-7-4-5-11(10-7)8(2)6-9-3/h4-5,8-9H,6H2,1-3H3. The van der Waals surface area contributed by atoms with Crippen molar-refractivity contribution in [2.24, 2.45) is 0 Å². The van der Waals surface area contributed by atoms with Crippen LogP contribution in [0, 0.1) is 6.92 Å². The van der Waals surface area contributed by atoms with Crippen molar-refractivity contribution in [2.45, 2.75) is 19.9 Å². The number of aryl methyl sites for hydroxylation is 1. The zero-order valence-corrected chi connectivity index (χ0v) is 7.33. The fourth-order valence-corrected chi connectivity index (χ4v) is 1.07. The third kappa shape index (κ3) is 2.05. The Labute approximate surface area is 67.4 Å². The Hall–Kier alpha value is -0.830. The predicted molar refractivity (Wildman–Crippen MR) is 45.6 cm³/mol. The molecule has 1 N–H and O–H groups in total. The van der Waals surface area contributed by atoms with Gasteiger partial charge < -0.3 is 5.32 Å². The summed E-state index contributed by atoms with van der Waals surface area (Å²) >= 11 is 0. The van der Waals surface area contributed by atoms with Crippen molar-refractivity contribution in [2.75, 3.05) is 13.6 Å². The van der Waals surface area contributed by atoms with Gasteiger partial charge in [-0.1, -0.05) is 0 Å². The number of nitrogens with one attached hydrogen (secondary N) is 1. The fourth-order valence-electron chi connectivity index (χ4n) is 1.07. The molecule has 1 unspecified atom stereocenters. The molecular weight excluding hydrogens is 138 g/mol. The Balaban J connectivity index is 2.60. The molecule has 3 heteroatoms. The summed E-state index contributed by atoms with van der Waals surface area (Å²) in [5.74, 6) is 0. The van der Waals surface area contributed by atoms with Gasteiger partial charge in [-0.2, -0.15) is 5.10 Å². The molecule has 0 saturated heterocycles. The molecule has 0 spiro atoms. The highest BCUT2D eigenvalue weighted by molar-refractivity contribution is 4.95. The zero-order valence-electron chi connectivity index (χ0n) is 7.33. The summed E-state index contributed by atoms with van der Waals surface area (Å²) in [5, 5.41) is 7.42. The Bertz CT molecular complexity index is 217. The largest absolute Gasteiger partial charge is 0.318 e. The topological polar surface area (TPSA) is 29.9 Å². The van der Waals surface area contributed by atoms with Gasteiger partial charge in [0.1, 0.15) is 0 Å². The first-order valence-electron chi connectivity index (χ1n) is 3.90. The van der Waals surface area contributed by atoms with E-state index in [2.05, 4.69) is 17.3 Å². The molecule has 0 aliphatic rings. The monoisotopic (exact) mass is 153 g/mol. The third-order valence-corrected chi connectivity index (χ3v) is 1.69. The van der Waals surface area contributed by atoms with Gasteiger partial charge in [0.2, 0.25) is 0 Å². The van der Waals surface area contributed by atoms with E-state index in [0.29, 0.717) is 6.04 Å². The number of nitrogens with zero attached hydrogens (tertiary/aromatic N) is 2. The molecule has 0 aliphatic carbocycles. The van der Waals surface area contributed by atoms with Gasteiger partial charge in [-0.05, 0) is 27.0 Å². The van der Waals surface area contributed by atoms with E-state index < -0.39 is 0 Å². The lowest BCUT2D eigenvalue weighted by Crippen LogP contribution is -2.20. The minimum Gasteiger partial charge on any atom is -0.318 e. The van der Waals surface area contributed by atoms with Crippen LogP contribution in [0.3, 0.4) is 0 Å². The van der Waals surface area contributed by atoms with Gasteiger partial charge in [-0.3, -0.25) is 4.68 Å². The van der Waals surface area contributed by atoms with Crippen LogP contribution in [0.15, 0.2) is 12.3 Å². The Kier molecular flexibility index (Phi) is 2.65. The van der Waals surface area contributed by atoms with E-state index in [-0.39, 0.29) is 0 Å².